The van der Waals surface area contributed by atoms with E-state index in [1.54, 1.807) is 0 Å². The standard InChI is InChI=1S/C16H22N2O3/c1-17-10-12-6-4-5-9-18(12)16(19)15-11-20-13-7-2-3-8-14(13)21-15/h2-3,7-8,12,15,17H,4-6,9-11H2,1H3. The number of likely N-dealkylation sites (tertiary alicyclic amines) is 1. The smallest absolute Gasteiger partial charge is 0.267 e. The van der Waals surface area contributed by atoms with Gasteiger partial charge in [0.25, 0.3) is 5.91 Å². The number of rotatable bonds is 3. The van der Waals surface area contributed by atoms with Gasteiger partial charge in [0.1, 0.15) is 6.61 Å². The zero-order chi connectivity index (χ0) is 14.7. The van der Waals surface area contributed by atoms with Crippen LogP contribution in [0.2, 0.25) is 0 Å². The lowest BCUT2D eigenvalue weighted by atomic mass is 10.0. The van der Waals surface area contributed by atoms with Gasteiger partial charge in [-0.1, -0.05) is 12.1 Å². The number of nitrogens with zero attached hydrogens (tertiary/aromatic N) is 1. The molecule has 114 valence electrons. The molecule has 0 radical (unpaired) electrons. The van der Waals surface area contributed by atoms with Crippen LogP contribution in [0.3, 0.4) is 0 Å². The van der Waals surface area contributed by atoms with E-state index in [1.165, 1.54) is 6.42 Å². The fourth-order valence-corrected chi connectivity index (χ4v) is 3.06. The van der Waals surface area contributed by atoms with E-state index in [-0.39, 0.29) is 11.9 Å². The molecule has 2 unspecified atom stereocenters. The molecule has 0 aromatic heterocycles. The van der Waals surface area contributed by atoms with Crippen LogP contribution < -0.4 is 14.8 Å². The van der Waals surface area contributed by atoms with Gasteiger partial charge in [-0.2, -0.15) is 0 Å². The molecule has 1 aromatic rings. The second-order valence-corrected chi connectivity index (χ2v) is 5.60. The summed E-state index contributed by atoms with van der Waals surface area (Å²) < 4.78 is 11.5. The van der Waals surface area contributed by atoms with Gasteiger partial charge < -0.3 is 19.7 Å². The van der Waals surface area contributed by atoms with E-state index in [2.05, 4.69) is 5.32 Å². The van der Waals surface area contributed by atoms with Crippen molar-refractivity contribution in [3.8, 4) is 11.5 Å². The Morgan fingerprint density at radius 1 is 1.33 bits per heavy atom. The molecule has 21 heavy (non-hydrogen) atoms. The highest BCUT2D eigenvalue weighted by Crippen LogP contribution is 2.31. The summed E-state index contributed by atoms with van der Waals surface area (Å²) in [7, 11) is 1.92. The number of hydrogen-bond donors (Lipinski definition) is 1. The largest absolute Gasteiger partial charge is 0.485 e. The first-order chi connectivity index (χ1) is 10.3. The lowest BCUT2D eigenvalue weighted by Gasteiger charge is -2.38. The van der Waals surface area contributed by atoms with E-state index in [1.807, 2.05) is 36.2 Å². The number of carbonyl (C=O) groups is 1. The number of piperidine rings is 1. The molecule has 1 N–H and O–H groups in total. The van der Waals surface area contributed by atoms with E-state index >= 15 is 0 Å². The van der Waals surface area contributed by atoms with E-state index in [4.69, 9.17) is 9.47 Å². The predicted octanol–water partition coefficient (Wildman–Crippen LogP) is 1.43. The Morgan fingerprint density at radius 2 is 2.14 bits per heavy atom. The lowest BCUT2D eigenvalue weighted by molar-refractivity contribution is -0.144. The summed E-state index contributed by atoms with van der Waals surface area (Å²) in [6.07, 6.45) is 2.77. The van der Waals surface area contributed by atoms with Gasteiger partial charge >= 0.3 is 0 Å². The fraction of sp³-hybridized carbons (Fsp3) is 0.562. The van der Waals surface area contributed by atoms with Crippen LogP contribution in [0.25, 0.3) is 0 Å². The number of nitrogens with one attached hydrogen (secondary N) is 1. The zero-order valence-corrected chi connectivity index (χ0v) is 12.4. The van der Waals surface area contributed by atoms with Gasteiger partial charge in [-0.05, 0) is 38.4 Å². The third-order valence-electron chi connectivity index (χ3n) is 4.13. The SMILES string of the molecule is CNCC1CCCCN1C(=O)C1COc2ccccc2O1. The topological polar surface area (TPSA) is 50.8 Å². The van der Waals surface area contributed by atoms with Crippen LogP contribution in [-0.2, 0) is 4.79 Å². The molecular weight excluding hydrogens is 268 g/mol. The maximum absolute atomic E-state index is 12.7. The third-order valence-corrected chi connectivity index (χ3v) is 4.13. The minimum atomic E-state index is -0.530. The summed E-state index contributed by atoms with van der Waals surface area (Å²) >= 11 is 0. The van der Waals surface area contributed by atoms with Crippen LogP contribution in [0.1, 0.15) is 19.3 Å². The zero-order valence-electron chi connectivity index (χ0n) is 12.4. The first-order valence-electron chi connectivity index (χ1n) is 7.63. The Morgan fingerprint density at radius 3 is 2.95 bits per heavy atom. The molecule has 2 atom stereocenters. The molecule has 0 bridgehead atoms. The molecule has 0 aliphatic carbocycles. The van der Waals surface area contributed by atoms with Crippen LogP contribution >= 0.6 is 0 Å². The number of likely N-dealkylation sites (N-methyl/N-ethyl adjacent to an activating group) is 1. The van der Waals surface area contributed by atoms with Gasteiger partial charge in [-0.15, -0.1) is 0 Å². The number of para-hydroxylation sites is 2. The molecule has 2 heterocycles. The molecular formula is C16H22N2O3. The summed E-state index contributed by atoms with van der Waals surface area (Å²) in [5.41, 5.74) is 0. The number of amides is 1. The number of ether oxygens (including phenoxy) is 2. The van der Waals surface area contributed by atoms with Crippen molar-refractivity contribution >= 4 is 5.91 Å². The van der Waals surface area contributed by atoms with Crippen molar-refractivity contribution in [3.05, 3.63) is 24.3 Å². The van der Waals surface area contributed by atoms with Crippen molar-refractivity contribution < 1.29 is 14.3 Å². The molecule has 1 fully saturated rings. The van der Waals surface area contributed by atoms with Crippen LogP contribution in [0.5, 0.6) is 11.5 Å². The van der Waals surface area contributed by atoms with E-state index in [0.29, 0.717) is 18.1 Å². The van der Waals surface area contributed by atoms with Crippen molar-refractivity contribution in [2.75, 3.05) is 26.7 Å². The van der Waals surface area contributed by atoms with Gasteiger partial charge in [-0.25, -0.2) is 0 Å². The second kappa shape index (κ2) is 6.35. The lowest BCUT2D eigenvalue weighted by Crippen LogP contribution is -2.54. The van der Waals surface area contributed by atoms with Crippen molar-refractivity contribution in [1.82, 2.24) is 10.2 Å². The number of fused-ring (bicyclic) bond motifs is 1. The van der Waals surface area contributed by atoms with E-state index in [0.717, 1.165) is 25.9 Å². The first-order valence-corrected chi connectivity index (χ1v) is 7.63. The third kappa shape index (κ3) is 2.97. The number of hydrogen-bond acceptors (Lipinski definition) is 4. The Balaban J connectivity index is 1.70. The molecule has 2 aliphatic rings. The molecule has 3 rings (SSSR count). The highest BCUT2D eigenvalue weighted by molar-refractivity contribution is 5.82. The summed E-state index contributed by atoms with van der Waals surface area (Å²) in [6.45, 7) is 1.93. The number of benzene rings is 1. The average Bonchev–Trinajstić information content (AvgIpc) is 2.54. The Labute approximate surface area is 125 Å². The molecule has 5 heteroatoms. The van der Waals surface area contributed by atoms with Crippen LogP contribution in [0.4, 0.5) is 0 Å². The molecule has 1 aromatic carbocycles. The molecule has 5 nitrogen and oxygen atoms in total. The summed E-state index contributed by atoms with van der Waals surface area (Å²) in [6, 6.07) is 7.76. The summed E-state index contributed by atoms with van der Waals surface area (Å²) in [5.74, 6) is 1.42. The van der Waals surface area contributed by atoms with Gasteiger partial charge in [0.2, 0.25) is 6.10 Å². The highest BCUT2D eigenvalue weighted by Gasteiger charge is 2.35. The van der Waals surface area contributed by atoms with Gasteiger partial charge in [-0.3, -0.25) is 4.79 Å². The van der Waals surface area contributed by atoms with E-state index in [9.17, 15) is 4.79 Å². The number of carbonyl (C=O) groups excluding carboxylic acids is 1. The van der Waals surface area contributed by atoms with E-state index < -0.39 is 6.10 Å². The quantitative estimate of drug-likeness (QED) is 0.915. The minimum absolute atomic E-state index is 0.0458. The second-order valence-electron chi connectivity index (χ2n) is 5.60. The van der Waals surface area contributed by atoms with Crippen LogP contribution in [0, 0.1) is 0 Å². The van der Waals surface area contributed by atoms with Crippen molar-refractivity contribution in [1.29, 1.82) is 0 Å². The van der Waals surface area contributed by atoms with Gasteiger partial charge in [0, 0.05) is 19.1 Å². The maximum atomic E-state index is 12.7. The summed E-state index contributed by atoms with van der Waals surface area (Å²) in [4.78, 5) is 14.7. The summed E-state index contributed by atoms with van der Waals surface area (Å²) in [5, 5.41) is 3.17. The monoisotopic (exact) mass is 290 g/mol. The molecule has 0 saturated carbocycles. The van der Waals surface area contributed by atoms with Gasteiger partial charge in [0.15, 0.2) is 11.5 Å². The first kappa shape index (κ1) is 14.2. The molecule has 0 spiro atoms. The predicted molar refractivity (Wildman–Crippen MR) is 79.6 cm³/mol. The molecule has 1 amide bonds. The molecule has 1 saturated heterocycles. The molecule has 2 aliphatic heterocycles. The Bertz CT molecular complexity index is 504. The maximum Gasteiger partial charge on any atom is 0.267 e. The Hall–Kier alpha value is -1.75. The van der Waals surface area contributed by atoms with Crippen LogP contribution in [0.15, 0.2) is 24.3 Å². The van der Waals surface area contributed by atoms with Gasteiger partial charge in [0.05, 0.1) is 0 Å². The highest BCUT2D eigenvalue weighted by atomic mass is 16.6. The normalized spacial score (nSPS) is 24.7. The fourth-order valence-electron chi connectivity index (χ4n) is 3.06. The average molecular weight is 290 g/mol. The Kier molecular flexibility index (Phi) is 4.29. The van der Waals surface area contributed by atoms with Crippen molar-refractivity contribution in [2.24, 2.45) is 0 Å². The van der Waals surface area contributed by atoms with Crippen molar-refractivity contribution in [2.45, 2.75) is 31.4 Å². The van der Waals surface area contributed by atoms with Crippen LogP contribution in [-0.4, -0.2) is 49.7 Å². The van der Waals surface area contributed by atoms with Crippen molar-refractivity contribution in [3.63, 3.8) is 0 Å². The minimum Gasteiger partial charge on any atom is -0.485 e.